The van der Waals surface area contributed by atoms with Crippen molar-refractivity contribution in [1.29, 1.82) is 0 Å². The second-order valence-corrected chi connectivity index (χ2v) is 4.40. The van der Waals surface area contributed by atoms with Gasteiger partial charge in [0.25, 0.3) is 0 Å². The minimum absolute atomic E-state index is 0.780. The Morgan fingerprint density at radius 1 is 1.12 bits per heavy atom. The summed E-state index contributed by atoms with van der Waals surface area (Å²) >= 11 is 0. The summed E-state index contributed by atoms with van der Waals surface area (Å²) in [4.78, 5) is 4.32. The van der Waals surface area contributed by atoms with Crippen LogP contribution in [0.2, 0.25) is 0 Å². The summed E-state index contributed by atoms with van der Waals surface area (Å²) in [5.41, 5.74) is 2.48. The van der Waals surface area contributed by atoms with Crippen LogP contribution in [0.5, 0.6) is 0 Å². The van der Waals surface area contributed by atoms with Crippen LogP contribution in [0.1, 0.15) is 37.6 Å². The third-order valence-electron chi connectivity index (χ3n) is 2.88. The smallest absolute Gasteiger partial charge is 0.181 e. The maximum Gasteiger partial charge on any atom is 0.181 e. The van der Waals surface area contributed by atoms with Crippen LogP contribution >= 0.6 is 0 Å². The Morgan fingerprint density at radius 2 is 1.88 bits per heavy atom. The first-order valence-corrected chi connectivity index (χ1v) is 6.28. The van der Waals surface area contributed by atoms with Gasteiger partial charge in [0.2, 0.25) is 0 Å². The number of aromatic amines is 1. The number of rotatable bonds is 5. The van der Waals surface area contributed by atoms with Crippen molar-refractivity contribution in [2.75, 3.05) is 0 Å². The lowest BCUT2D eigenvalue weighted by molar-refractivity contribution is 0.717. The van der Waals surface area contributed by atoms with E-state index in [1.807, 2.05) is 6.92 Å². The molecular formula is C14H19N3. The number of hydrogen-bond acceptors (Lipinski definition) is 2. The Balaban J connectivity index is 2.02. The van der Waals surface area contributed by atoms with E-state index in [2.05, 4.69) is 46.4 Å². The Bertz CT molecular complexity index is 457. The van der Waals surface area contributed by atoms with Crippen LogP contribution in [-0.4, -0.2) is 15.2 Å². The quantitative estimate of drug-likeness (QED) is 0.797. The maximum absolute atomic E-state index is 4.32. The van der Waals surface area contributed by atoms with Gasteiger partial charge in [-0.3, -0.25) is 5.10 Å². The standard InChI is InChI=1S/C14H19N3/c1-3-4-5-6-12-7-9-13(10-8-12)14-15-11(2)16-17-14/h7-10H,3-6H2,1-2H3,(H,15,16,17). The van der Waals surface area contributed by atoms with E-state index in [1.165, 1.54) is 31.2 Å². The van der Waals surface area contributed by atoms with E-state index in [0.29, 0.717) is 0 Å². The molecule has 17 heavy (non-hydrogen) atoms. The minimum atomic E-state index is 0.780. The van der Waals surface area contributed by atoms with Crippen molar-refractivity contribution in [3.8, 4) is 11.4 Å². The van der Waals surface area contributed by atoms with E-state index >= 15 is 0 Å². The van der Waals surface area contributed by atoms with Crippen molar-refractivity contribution in [3.63, 3.8) is 0 Å². The van der Waals surface area contributed by atoms with Crippen LogP contribution in [0.3, 0.4) is 0 Å². The highest BCUT2D eigenvalue weighted by Gasteiger charge is 2.03. The number of aromatic nitrogens is 3. The molecule has 1 aromatic carbocycles. The zero-order valence-corrected chi connectivity index (χ0v) is 10.5. The van der Waals surface area contributed by atoms with Gasteiger partial charge in [0.05, 0.1) is 0 Å². The van der Waals surface area contributed by atoms with Gasteiger partial charge in [-0.15, -0.1) is 0 Å². The molecule has 0 amide bonds. The fourth-order valence-corrected chi connectivity index (χ4v) is 1.87. The molecule has 0 atom stereocenters. The molecule has 90 valence electrons. The number of unbranched alkanes of at least 4 members (excludes halogenated alkanes) is 2. The molecule has 0 aliphatic heterocycles. The summed E-state index contributed by atoms with van der Waals surface area (Å²) in [5.74, 6) is 1.63. The first-order chi connectivity index (χ1) is 8.29. The van der Waals surface area contributed by atoms with E-state index < -0.39 is 0 Å². The van der Waals surface area contributed by atoms with E-state index in [1.54, 1.807) is 0 Å². The third-order valence-corrected chi connectivity index (χ3v) is 2.88. The van der Waals surface area contributed by atoms with Gasteiger partial charge in [-0.05, 0) is 25.3 Å². The van der Waals surface area contributed by atoms with Crippen LogP contribution < -0.4 is 0 Å². The second-order valence-electron chi connectivity index (χ2n) is 4.40. The lowest BCUT2D eigenvalue weighted by Gasteiger charge is -2.01. The minimum Gasteiger partial charge on any atom is -0.263 e. The molecule has 0 saturated carbocycles. The first-order valence-electron chi connectivity index (χ1n) is 6.28. The van der Waals surface area contributed by atoms with Crippen molar-refractivity contribution in [2.24, 2.45) is 0 Å². The number of aryl methyl sites for hydroxylation is 2. The average molecular weight is 229 g/mol. The summed E-state index contributed by atoms with van der Waals surface area (Å²) < 4.78 is 0. The number of nitrogens with one attached hydrogen (secondary N) is 1. The second kappa shape index (κ2) is 5.62. The van der Waals surface area contributed by atoms with E-state index in [9.17, 15) is 0 Å². The Kier molecular flexibility index (Phi) is 3.91. The van der Waals surface area contributed by atoms with Gasteiger partial charge in [-0.2, -0.15) is 5.10 Å². The highest BCUT2D eigenvalue weighted by Crippen LogP contribution is 2.16. The van der Waals surface area contributed by atoms with E-state index in [-0.39, 0.29) is 0 Å². The van der Waals surface area contributed by atoms with E-state index in [0.717, 1.165) is 17.2 Å². The highest BCUT2D eigenvalue weighted by atomic mass is 15.2. The molecule has 0 fully saturated rings. The predicted molar refractivity (Wildman–Crippen MR) is 69.8 cm³/mol. The Hall–Kier alpha value is -1.64. The van der Waals surface area contributed by atoms with Gasteiger partial charge in [0, 0.05) is 5.56 Å². The average Bonchev–Trinajstić information content (AvgIpc) is 2.77. The Labute approximate surface area is 102 Å². The number of nitrogens with zero attached hydrogens (tertiary/aromatic N) is 2. The molecule has 0 unspecified atom stereocenters. The maximum atomic E-state index is 4.32. The third kappa shape index (κ3) is 3.16. The predicted octanol–water partition coefficient (Wildman–Crippen LogP) is 3.51. The molecule has 0 aliphatic carbocycles. The summed E-state index contributed by atoms with van der Waals surface area (Å²) in [5, 5.41) is 7.02. The molecule has 3 nitrogen and oxygen atoms in total. The summed E-state index contributed by atoms with van der Waals surface area (Å²) in [7, 11) is 0. The monoisotopic (exact) mass is 229 g/mol. The molecule has 0 saturated heterocycles. The molecular weight excluding hydrogens is 210 g/mol. The Morgan fingerprint density at radius 3 is 2.47 bits per heavy atom. The van der Waals surface area contributed by atoms with Gasteiger partial charge < -0.3 is 0 Å². The SMILES string of the molecule is CCCCCc1ccc(-c2n[nH]c(C)n2)cc1. The fourth-order valence-electron chi connectivity index (χ4n) is 1.87. The lowest BCUT2D eigenvalue weighted by atomic mass is 10.1. The lowest BCUT2D eigenvalue weighted by Crippen LogP contribution is -1.86. The van der Waals surface area contributed by atoms with Crippen LogP contribution in [0, 0.1) is 6.92 Å². The molecule has 1 aromatic heterocycles. The van der Waals surface area contributed by atoms with Crippen molar-refractivity contribution in [2.45, 2.75) is 39.5 Å². The highest BCUT2D eigenvalue weighted by molar-refractivity contribution is 5.54. The topological polar surface area (TPSA) is 41.6 Å². The van der Waals surface area contributed by atoms with Gasteiger partial charge in [0.1, 0.15) is 5.82 Å². The van der Waals surface area contributed by atoms with Crippen LogP contribution in [0.4, 0.5) is 0 Å². The van der Waals surface area contributed by atoms with Crippen LogP contribution in [0.25, 0.3) is 11.4 Å². The van der Waals surface area contributed by atoms with Crippen LogP contribution in [-0.2, 0) is 6.42 Å². The van der Waals surface area contributed by atoms with Crippen molar-refractivity contribution >= 4 is 0 Å². The molecule has 2 rings (SSSR count). The van der Waals surface area contributed by atoms with Gasteiger partial charge in [-0.1, -0.05) is 44.0 Å². The van der Waals surface area contributed by atoms with Gasteiger partial charge in [0.15, 0.2) is 5.82 Å². The van der Waals surface area contributed by atoms with Crippen LogP contribution in [0.15, 0.2) is 24.3 Å². The van der Waals surface area contributed by atoms with Crippen molar-refractivity contribution < 1.29 is 0 Å². The summed E-state index contributed by atoms with van der Waals surface area (Å²) in [6, 6.07) is 8.56. The number of H-pyrrole nitrogens is 1. The molecule has 0 bridgehead atoms. The molecule has 1 heterocycles. The molecule has 2 aromatic rings. The largest absolute Gasteiger partial charge is 0.263 e. The van der Waals surface area contributed by atoms with Crippen molar-refractivity contribution in [1.82, 2.24) is 15.2 Å². The number of hydrogen-bond donors (Lipinski definition) is 1. The molecule has 3 heteroatoms. The summed E-state index contributed by atoms with van der Waals surface area (Å²) in [6.45, 7) is 4.14. The van der Waals surface area contributed by atoms with Gasteiger partial charge in [-0.25, -0.2) is 4.98 Å². The van der Waals surface area contributed by atoms with Gasteiger partial charge >= 0.3 is 0 Å². The fraction of sp³-hybridized carbons (Fsp3) is 0.429. The summed E-state index contributed by atoms with van der Waals surface area (Å²) in [6.07, 6.45) is 5.02. The zero-order valence-electron chi connectivity index (χ0n) is 10.5. The van der Waals surface area contributed by atoms with Crippen molar-refractivity contribution in [3.05, 3.63) is 35.7 Å². The van der Waals surface area contributed by atoms with E-state index in [4.69, 9.17) is 0 Å². The first kappa shape index (κ1) is 11.8. The molecule has 0 spiro atoms. The molecule has 0 radical (unpaired) electrons. The zero-order chi connectivity index (χ0) is 12.1. The normalized spacial score (nSPS) is 10.7. The number of benzene rings is 1. The molecule has 0 aliphatic rings. The molecule has 1 N–H and O–H groups in total.